The number of rotatable bonds is 4. The molecule has 0 aliphatic heterocycles. The molecule has 28 heavy (non-hydrogen) atoms. The molecule has 0 aliphatic carbocycles. The van der Waals surface area contributed by atoms with Crippen LogP contribution in [-0.4, -0.2) is 21.8 Å². The van der Waals surface area contributed by atoms with Crippen LogP contribution < -0.4 is 10.6 Å². The maximum Gasteiger partial charge on any atom is 0.276 e. The fourth-order valence-electron chi connectivity index (χ4n) is 2.45. The maximum atomic E-state index is 12.4. The summed E-state index contributed by atoms with van der Waals surface area (Å²) in [5, 5.41) is 8.42. The molecule has 9 heteroatoms. The number of nitrogens with zero attached hydrogens (tertiary/aromatic N) is 2. The number of fused-ring (bicyclic) bond motifs is 1. The average molecular weight is 429 g/mol. The second kappa shape index (κ2) is 7.67. The van der Waals surface area contributed by atoms with Gasteiger partial charge in [0.05, 0.1) is 10.2 Å². The minimum atomic E-state index is -0.376. The number of benzene rings is 2. The molecule has 0 atom stereocenters. The highest BCUT2D eigenvalue weighted by molar-refractivity contribution is 7.22. The fraction of sp³-hybridized carbons (Fsp3) is 0.0526. The number of carbonyl (C=O) groups excluding carboxylic acids is 2. The minimum Gasteiger partial charge on any atom is -0.298 e. The summed E-state index contributed by atoms with van der Waals surface area (Å²) in [5.74, 6) is -0.696. The number of halogens is 1. The van der Waals surface area contributed by atoms with E-state index in [1.807, 2.05) is 25.1 Å². The van der Waals surface area contributed by atoms with Gasteiger partial charge in [0.25, 0.3) is 11.8 Å². The second-order valence-corrected chi connectivity index (χ2v) is 8.27. The second-order valence-electron chi connectivity index (χ2n) is 5.94. The van der Waals surface area contributed by atoms with Crippen molar-refractivity contribution in [2.75, 3.05) is 10.6 Å². The molecule has 0 radical (unpaired) electrons. The van der Waals surface area contributed by atoms with Crippen LogP contribution in [0, 0.1) is 6.92 Å². The van der Waals surface area contributed by atoms with Crippen LogP contribution >= 0.6 is 34.3 Å². The van der Waals surface area contributed by atoms with Crippen molar-refractivity contribution in [3.8, 4) is 0 Å². The normalized spacial score (nSPS) is 10.8. The molecule has 2 heterocycles. The number of hydrogen-bond donors (Lipinski definition) is 2. The Morgan fingerprint density at radius 1 is 0.964 bits per heavy atom. The quantitative estimate of drug-likeness (QED) is 0.466. The summed E-state index contributed by atoms with van der Waals surface area (Å²) in [6, 6.07) is 12.4. The molecule has 0 bridgehead atoms. The van der Waals surface area contributed by atoms with Gasteiger partial charge in [-0.2, -0.15) is 0 Å². The van der Waals surface area contributed by atoms with Crippen LogP contribution in [0.1, 0.15) is 26.4 Å². The van der Waals surface area contributed by atoms with Gasteiger partial charge in [0.2, 0.25) is 0 Å². The predicted molar refractivity (Wildman–Crippen MR) is 114 cm³/mol. The van der Waals surface area contributed by atoms with Gasteiger partial charge in [-0.3, -0.25) is 20.2 Å². The molecule has 0 saturated carbocycles. The molecule has 0 spiro atoms. The third-order valence-corrected chi connectivity index (χ3v) is 5.77. The van der Waals surface area contributed by atoms with E-state index < -0.39 is 0 Å². The van der Waals surface area contributed by atoms with Gasteiger partial charge in [0.15, 0.2) is 10.3 Å². The number of hydrogen-bond acceptors (Lipinski definition) is 6. The summed E-state index contributed by atoms with van der Waals surface area (Å²) in [6.45, 7) is 2.01. The van der Waals surface area contributed by atoms with E-state index in [-0.39, 0.29) is 17.5 Å². The van der Waals surface area contributed by atoms with Gasteiger partial charge >= 0.3 is 0 Å². The zero-order valence-electron chi connectivity index (χ0n) is 14.5. The third-order valence-electron chi connectivity index (χ3n) is 3.83. The Balaban J connectivity index is 1.44. The van der Waals surface area contributed by atoms with Crippen LogP contribution in [-0.2, 0) is 0 Å². The van der Waals surface area contributed by atoms with Crippen LogP contribution in [0.5, 0.6) is 0 Å². The molecule has 6 nitrogen and oxygen atoms in total. The lowest BCUT2D eigenvalue weighted by molar-refractivity contribution is 0.101. The number of anilines is 2. The molecular weight excluding hydrogens is 416 g/mol. The van der Waals surface area contributed by atoms with Gasteiger partial charge in [0.1, 0.15) is 5.69 Å². The summed E-state index contributed by atoms with van der Waals surface area (Å²) in [5.41, 5.74) is 2.64. The van der Waals surface area contributed by atoms with Gasteiger partial charge in [-0.25, -0.2) is 9.97 Å². The van der Waals surface area contributed by atoms with Crippen molar-refractivity contribution in [1.29, 1.82) is 0 Å². The molecule has 4 rings (SSSR count). The van der Waals surface area contributed by atoms with Crippen molar-refractivity contribution in [2.45, 2.75) is 6.92 Å². The van der Waals surface area contributed by atoms with Crippen LogP contribution in [0.4, 0.5) is 10.3 Å². The lowest BCUT2D eigenvalue weighted by Gasteiger charge is -2.01. The molecule has 4 aromatic rings. The summed E-state index contributed by atoms with van der Waals surface area (Å²) in [6.07, 6.45) is 0. The number of aryl methyl sites for hydroxylation is 1. The Morgan fingerprint density at radius 2 is 1.71 bits per heavy atom. The van der Waals surface area contributed by atoms with Gasteiger partial charge < -0.3 is 0 Å². The summed E-state index contributed by atoms with van der Waals surface area (Å²) in [4.78, 5) is 33.2. The first-order valence-corrected chi connectivity index (χ1v) is 10.3. The van der Waals surface area contributed by atoms with Crippen molar-refractivity contribution in [2.24, 2.45) is 0 Å². The van der Waals surface area contributed by atoms with Crippen LogP contribution in [0.15, 0.2) is 47.8 Å². The molecule has 0 saturated heterocycles. The Morgan fingerprint density at radius 3 is 2.50 bits per heavy atom. The van der Waals surface area contributed by atoms with Gasteiger partial charge in [0, 0.05) is 16.0 Å². The average Bonchev–Trinajstić information content (AvgIpc) is 3.28. The molecule has 0 fully saturated rings. The Kier molecular flexibility index (Phi) is 5.08. The van der Waals surface area contributed by atoms with Crippen molar-refractivity contribution in [3.63, 3.8) is 0 Å². The smallest absolute Gasteiger partial charge is 0.276 e. The van der Waals surface area contributed by atoms with E-state index in [9.17, 15) is 9.59 Å². The first-order valence-electron chi connectivity index (χ1n) is 8.19. The van der Waals surface area contributed by atoms with Gasteiger partial charge in [-0.1, -0.05) is 29.0 Å². The van der Waals surface area contributed by atoms with Crippen molar-refractivity contribution in [3.05, 3.63) is 69.7 Å². The van der Waals surface area contributed by atoms with E-state index in [0.717, 1.165) is 15.8 Å². The standard InChI is InChI=1S/C19H13ClN4O2S2/c1-10-2-7-13-15(8-10)28-19(21-13)24-17(26)14-9-27-18(22-14)23-16(25)11-3-5-12(20)6-4-11/h2-9H,1H3,(H,21,24,26)(H,22,23,25). The Hall–Kier alpha value is -2.81. The predicted octanol–water partition coefficient (Wildman–Crippen LogP) is 5.22. The number of carbonyl (C=O) groups is 2. The summed E-state index contributed by atoms with van der Waals surface area (Å²) < 4.78 is 1.00. The molecule has 2 aromatic heterocycles. The van der Waals surface area contributed by atoms with E-state index in [2.05, 4.69) is 20.6 Å². The van der Waals surface area contributed by atoms with E-state index in [0.29, 0.717) is 20.8 Å². The lowest BCUT2D eigenvalue weighted by atomic mass is 10.2. The molecule has 2 N–H and O–H groups in total. The maximum absolute atomic E-state index is 12.4. The summed E-state index contributed by atoms with van der Waals surface area (Å²) >= 11 is 8.40. The number of amides is 2. The SMILES string of the molecule is Cc1ccc2nc(NC(=O)c3csc(NC(=O)c4ccc(Cl)cc4)n3)sc2c1. The minimum absolute atomic E-state index is 0.215. The molecule has 140 valence electrons. The Bertz CT molecular complexity index is 1180. The van der Waals surface area contributed by atoms with Crippen molar-refractivity contribution < 1.29 is 9.59 Å². The molecular formula is C19H13ClN4O2S2. The summed E-state index contributed by atoms with van der Waals surface area (Å²) in [7, 11) is 0. The number of nitrogens with one attached hydrogen (secondary N) is 2. The van der Waals surface area contributed by atoms with E-state index >= 15 is 0 Å². The molecule has 2 amide bonds. The van der Waals surface area contributed by atoms with E-state index in [4.69, 9.17) is 11.6 Å². The monoisotopic (exact) mass is 428 g/mol. The lowest BCUT2D eigenvalue weighted by Crippen LogP contribution is -2.14. The molecule has 0 unspecified atom stereocenters. The molecule has 0 aliphatic rings. The third kappa shape index (κ3) is 4.04. The topological polar surface area (TPSA) is 84.0 Å². The molecule has 2 aromatic carbocycles. The number of thiazole rings is 2. The highest BCUT2D eigenvalue weighted by Crippen LogP contribution is 2.27. The zero-order valence-corrected chi connectivity index (χ0v) is 16.9. The largest absolute Gasteiger partial charge is 0.298 e. The van der Waals surface area contributed by atoms with Crippen LogP contribution in [0.2, 0.25) is 5.02 Å². The Labute approximate surface area is 173 Å². The van der Waals surface area contributed by atoms with Crippen molar-refractivity contribution >= 4 is 66.6 Å². The highest BCUT2D eigenvalue weighted by atomic mass is 35.5. The van der Waals surface area contributed by atoms with E-state index in [1.165, 1.54) is 22.7 Å². The van der Waals surface area contributed by atoms with Crippen LogP contribution in [0.25, 0.3) is 10.2 Å². The number of aromatic nitrogens is 2. The van der Waals surface area contributed by atoms with Crippen LogP contribution in [0.3, 0.4) is 0 Å². The first kappa shape index (κ1) is 18.5. The highest BCUT2D eigenvalue weighted by Gasteiger charge is 2.15. The van der Waals surface area contributed by atoms with Gasteiger partial charge in [-0.05, 0) is 48.9 Å². The van der Waals surface area contributed by atoms with Gasteiger partial charge in [-0.15, -0.1) is 11.3 Å². The fourth-order valence-corrected chi connectivity index (χ4v) is 4.22. The first-order chi connectivity index (χ1) is 13.5. The van der Waals surface area contributed by atoms with Crippen molar-refractivity contribution in [1.82, 2.24) is 9.97 Å². The van der Waals surface area contributed by atoms with E-state index in [1.54, 1.807) is 29.6 Å². The zero-order chi connectivity index (χ0) is 19.7.